The van der Waals surface area contributed by atoms with E-state index in [2.05, 4.69) is 0 Å². The third kappa shape index (κ3) is 4.00. The zero-order valence-electron chi connectivity index (χ0n) is 9.74. The fourth-order valence-electron chi connectivity index (χ4n) is 1.33. The molecule has 1 aromatic rings. The van der Waals surface area contributed by atoms with Gasteiger partial charge in [-0.15, -0.1) is 0 Å². The molecule has 0 aliphatic heterocycles. The molecule has 0 spiro atoms. The Balaban J connectivity index is 3.14. The second-order valence-corrected chi connectivity index (χ2v) is 5.60. The van der Waals surface area contributed by atoms with Crippen LogP contribution in [0.25, 0.3) is 0 Å². The second-order valence-electron chi connectivity index (χ2n) is 3.66. The Morgan fingerprint density at radius 3 is 1.84 bits per heavy atom. The van der Waals surface area contributed by atoms with Crippen molar-refractivity contribution in [1.82, 2.24) is 4.31 Å². The smallest absolute Gasteiger partial charge is 0.244 e. The Labute approximate surface area is 109 Å². The Kier molecular flexibility index (Phi) is 4.57. The number of primary amides is 2. The van der Waals surface area contributed by atoms with Crippen molar-refractivity contribution < 1.29 is 22.4 Å². The van der Waals surface area contributed by atoms with Gasteiger partial charge >= 0.3 is 0 Å². The molecule has 0 radical (unpaired) electrons. The van der Waals surface area contributed by atoms with Crippen molar-refractivity contribution in [2.45, 2.75) is 4.90 Å². The second kappa shape index (κ2) is 5.76. The number of benzene rings is 1. The molecule has 0 fully saturated rings. The predicted octanol–water partition coefficient (Wildman–Crippen LogP) is -1.21. The maximum atomic E-state index is 12.7. The molecular formula is C10H12FN3O4S. The van der Waals surface area contributed by atoms with E-state index < -0.39 is 40.7 Å². The Morgan fingerprint density at radius 2 is 1.47 bits per heavy atom. The number of nitrogens with zero attached hydrogens (tertiary/aromatic N) is 1. The van der Waals surface area contributed by atoms with Gasteiger partial charge in [-0.1, -0.05) is 0 Å². The molecule has 0 heterocycles. The molecule has 0 atom stereocenters. The van der Waals surface area contributed by atoms with Crippen molar-refractivity contribution in [3.8, 4) is 0 Å². The van der Waals surface area contributed by atoms with Crippen LogP contribution in [0, 0.1) is 5.82 Å². The number of sulfonamides is 1. The molecule has 7 nitrogen and oxygen atoms in total. The quantitative estimate of drug-likeness (QED) is 0.681. The van der Waals surface area contributed by atoms with Crippen LogP contribution in [0.5, 0.6) is 0 Å². The van der Waals surface area contributed by atoms with Crippen LogP contribution < -0.4 is 11.5 Å². The third-order valence-electron chi connectivity index (χ3n) is 2.12. The summed E-state index contributed by atoms with van der Waals surface area (Å²) in [5, 5.41) is 0. The highest BCUT2D eigenvalue weighted by Crippen LogP contribution is 2.15. The fraction of sp³-hybridized carbons (Fsp3) is 0.200. The van der Waals surface area contributed by atoms with E-state index in [4.69, 9.17) is 11.5 Å². The van der Waals surface area contributed by atoms with Gasteiger partial charge in [-0.2, -0.15) is 4.31 Å². The average molecular weight is 289 g/mol. The Hall–Kier alpha value is -2.00. The van der Waals surface area contributed by atoms with E-state index in [-0.39, 0.29) is 4.90 Å². The zero-order valence-corrected chi connectivity index (χ0v) is 10.6. The fourth-order valence-corrected chi connectivity index (χ4v) is 2.70. The van der Waals surface area contributed by atoms with Crippen LogP contribution in [0.1, 0.15) is 0 Å². The minimum atomic E-state index is -4.14. The highest BCUT2D eigenvalue weighted by atomic mass is 32.2. The molecular weight excluding hydrogens is 277 g/mol. The van der Waals surface area contributed by atoms with Gasteiger partial charge in [0.25, 0.3) is 0 Å². The average Bonchev–Trinajstić information content (AvgIpc) is 2.27. The molecule has 0 saturated carbocycles. The van der Waals surface area contributed by atoms with E-state index in [0.717, 1.165) is 24.3 Å². The molecule has 9 heteroatoms. The summed E-state index contributed by atoms with van der Waals surface area (Å²) in [4.78, 5) is 21.4. The first kappa shape index (κ1) is 15.1. The van der Waals surface area contributed by atoms with Gasteiger partial charge in [0.1, 0.15) is 5.82 Å². The molecule has 19 heavy (non-hydrogen) atoms. The van der Waals surface area contributed by atoms with Crippen LogP contribution in [0.2, 0.25) is 0 Å². The summed E-state index contributed by atoms with van der Waals surface area (Å²) in [6, 6.07) is 3.92. The molecule has 0 aliphatic rings. The van der Waals surface area contributed by atoms with E-state index in [1.54, 1.807) is 0 Å². The summed E-state index contributed by atoms with van der Waals surface area (Å²) in [5.74, 6) is -2.49. The van der Waals surface area contributed by atoms with Gasteiger partial charge in [0, 0.05) is 0 Å². The number of rotatable bonds is 6. The highest BCUT2D eigenvalue weighted by Gasteiger charge is 2.27. The minimum absolute atomic E-state index is 0.267. The molecule has 4 N–H and O–H groups in total. The molecule has 0 aliphatic carbocycles. The number of carbonyl (C=O) groups is 2. The number of nitrogens with two attached hydrogens (primary N) is 2. The molecule has 0 aromatic heterocycles. The van der Waals surface area contributed by atoms with Gasteiger partial charge in [0.2, 0.25) is 21.8 Å². The van der Waals surface area contributed by atoms with Crippen LogP contribution >= 0.6 is 0 Å². The molecule has 0 unspecified atom stereocenters. The van der Waals surface area contributed by atoms with Crippen molar-refractivity contribution >= 4 is 21.8 Å². The van der Waals surface area contributed by atoms with Gasteiger partial charge in [0.15, 0.2) is 0 Å². The normalized spacial score (nSPS) is 11.5. The van der Waals surface area contributed by atoms with Crippen LogP contribution in [0.3, 0.4) is 0 Å². The van der Waals surface area contributed by atoms with Crippen molar-refractivity contribution in [2.75, 3.05) is 13.1 Å². The molecule has 0 saturated heterocycles. The zero-order chi connectivity index (χ0) is 14.6. The number of carbonyl (C=O) groups excluding carboxylic acids is 2. The van der Waals surface area contributed by atoms with Crippen LogP contribution in [-0.4, -0.2) is 37.6 Å². The lowest BCUT2D eigenvalue weighted by Gasteiger charge is -2.19. The first-order valence-corrected chi connectivity index (χ1v) is 6.50. The number of amides is 2. The van der Waals surface area contributed by atoms with Crippen molar-refractivity contribution in [3.05, 3.63) is 30.1 Å². The van der Waals surface area contributed by atoms with Gasteiger partial charge in [-0.05, 0) is 24.3 Å². The summed E-state index contributed by atoms with van der Waals surface area (Å²) in [5.41, 5.74) is 9.82. The lowest BCUT2D eigenvalue weighted by atomic mass is 10.4. The Morgan fingerprint density at radius 1 is 1.05 bits per heavy atom. The maximum absolute atomic E-state index is 12.7. The van der Waals surface area contributed by atoms with Gasteiger partial charge in [-0.25, -0.2) is 12.8 Å². The molecule has 1 aromatic carbocycles. The van der Waals surface area contributed by atoms with Crippen LogP contribution in [0.15, 0.2) is 29.2 Å². The number of halogens is 1. The van der Waals surface area contributed by atoms with Gasteiger partial charge in [0.05, 0.1) is 18.0 Å². The number of hydrogen-bond acceptors (Lipinski definition) is 4. The van der Waals surface area contributed by atoms with E-state index in [9.17, 15) is 22.4 Å². The largest absolute Gasteiger partial charge is 0.369 e. The SMILES string of the molecule is NC(=O)CN(CC(N)=O)S(=O)(=O)c1ccc(F)cc1. The maximum Gasteiger partial charge on any atom is 0.244 e. The van der Waals surface area contributed by atoms with Gasteiger partial charge < -0.3 is 11.5 Å². The standard InChI is InChI=1S/C10H12FN3O4S/c11-7-1-3-8(4-2-7)19(17,18)14(5-9(12)15)6-10(13)16/h1-4H,5-6H2,(H2,12,15)(H2,13,16). The van der Waals surface area contributed by atoms with Crippen molar-refractivity contribution in [1.29, 1.82) is 0 Å². The summed E-state index contributed by atoms with van der Waals surface area (Å²) in [7, 11) is -4.14. The first-order valence-electron chi connectivity index (χ1n) is 5.06. The Bertz CT molecular complexity index is 569. The topological polar surface area (TPSA) is 124 Å². The molecule has 2 amide bonds. The third-order valence-corrected chi connectivity index (χ3v) is 3.92. The first-order chi connectivity index (χ1) is 8.73. The van der Waals surface area contributed by atoms with Crippen molar-refractivity contribution in [2.24, 2.45) is 11.5 Å². The summed E-state index contributed by atoms with van der Waals surface area (Å²) in [6.07, 6.45) is 0. The predicted molar refractivity (Wildman–Crippen MR) is 63.5 cm³/mol. The minimum Gasteiger partial charge on any atom is -0.369 e. The van der Waals surface area contributed by atoms with E-state index in [0.29, 0.717) is 4.31 Å². The lowest BCUT2D eigenvalue weighted by molar-refractivity contribution is -0.120. The van der Waals surface area contributed by atoms with Crippen LogP contribution in [-0.2, 0) is 19.6 Å². The van der Waals surface area contributed by atoms with E-state index in [1.807, 2.05) is 0 Å². The van der Waals surface area contributed by atoms with E-state index in [1.165, 1.54) is 0 Å². The van der Waals surface area contributed by atoms with Crippen LogP contribution in [0.4, 0.5) is 4.39 Å². The summed E-state index contributed by atoms with van der Waals surface area (Å²) in [6.45, 7) is -1.38. The highest BCUT2D eigenvalue weighted by molar-refractivity contribution is 7.89. The lowest BCUT2D eigenvalue weighted by Crippen LogP contribution is -2.43. The summed E-state index contributed by atoms with van der Waals surface area (Å²) >= 11 is 0. The van der Waals surface area contributed by atoms with E-state index >= 15 is 0 Å². The monoisotopic (exact) mass is 289 g/mol. The number of hydrogen-bond donors (Lipinski definition) is 2. The van der Waals surface area contributed by atoms with Gasteiger partial charge in [-0.3, -0.25) is 9.59 Å². The molecule has 1 rings (SSSR count). The molecule has 0 bridgehead atoms. The van der Waals surface area contributed by atoms with Crippen molar-refractivity contribution in [3.63, 3.8) is 0 Å². The molecule has 104 valence electrons. The summed E-state index contributed by atoms with van der Waals surface area (Å²) < 4.78 is 37.5.